The highest BCUT2D eigenvalue weighted by Gasteiger charge is 2.14. The van der Waals surface area contributed by atoms with E-state index < -0.39 is 0 Å². The van der Waals surface area contributed by atoms with Gasteiger partial charge in [-0.2, -0.15) is 5.10 Å². The number of benzene rings is 2. The third-order valence-corrected chi connectivity index (χ3v) is 5.00. The molecule has 0 bridgehead atoms. The molecule has 8 heteroatoms. The van der Waals surface area contributed by atoms with E-state index in [1.165, 1.54) is 6.21 Å². The fourth-order valence-corrected chi connectivity index (χ4v) is 3.39. The number of rotatable bonds is 10. The summed E-state index contributed by atoms with van der Waals surface area (Å²) in [5.41, 5.74) is 4.10. The molecular formula is C21H25ClN2O4S. The van der Waals surface area contributed by atoms with Gasteiger partial charge in [-0.25, -0.2) is 5.43 Å². The quantitative estimate of drug-likeness (QED) is 0.336. The lowest BCUT2D eigenvalue weighted by Crippen LogP contribution is -2.20. The first kappa shape index (κ1) is 22.9. The van der Waals surface area contributed by atoms with Crippen molar-refractivity contribution in [3.05, 3.63) is 46.5 Å². The second-order valence-corrected chi connectivity index (χ2v) is 7.31. The van der Waals surface area contributed by atoms with Gasteiger partial charge in [0.25, 0.3) is 0 Å². The van der Waals surface area contributed by atoms with Crippen LogP contribution >= 0.6 is 23.4 Å². The molecule has 6 nitrogen and oxygen atoms in total. The average molecular weight is 437 g/mol. The lowest BCUT2D eigenvalue weighted by molar-refractivity contribution is -0.120. The van der Waals surface area contributed by atoms with Crippen LogP contribution in [-0.4, -0.2) is 39.2 Å². The van der Waals surface area contributed by atoms with Crippen molar-refractivity contribution in [3.63, 3.8) is 0 Å². The molecule has 0 heterocycles. The van der Waals surface area contributed by atoms with Crippen molar-refractivity contribution in [2.24, 2.45) is 5.10 Å². The minimum atomic E-state index is -0.236. The van der Waals surface area contributed by atoms with Crippen LogP contribution in [0.5, 0.6) is 17.2 Å². The molecular weight excluding hydrogens is 412 g/mol. The summed E-state index contributed by atoms with van der Waals surface area (Å²) < 4.78 is 16.5. The Balaban J connectivity index is 2.09. The fourth-order valence-electron chi connectivity index (χ4n) is 2.60. The Morgan fingerprint density at radius 3 is 2.48 bits per heavy atom. The van der Waals surface area contributed by atoms with E-state index in [1.807, 2.05) is 25.3 Å². The van der Waals surface area contributed by atoms with Gasteiger partial charge in [-0.3, -0.25) is 4.79 Å². The van der Waals surface area contributed by atoms with Crippen molar-refractivity contribution in [2.75, 3.05) is 27.1 Å². The van der Waals surface area contributed by atoms with E-state index >= 15 is 0 Å². The molecule has 2 rings (SSSR count). The molecule has 0 aliphatic heterocycles. The summed E-state index contributed by atoms with van der Waals surface area (Å²) in [6.45, 7) is 2.58. The summed E-state index contributed by atoms with van der Waals surface area (Å²) >= 11 is 7.60. The monoisotopic (exact) mass is 436 g/mol. The zero-order valence-corrected chi connectivity index (χ0v) is 18.5. The van der Waals surface area contributed by atoms with Crippen molar-refractivity contribution in [1.29, 1.82) is 0 Å². The molecule has 0 aliphatic rings. The Labute approximate surface area is 180 Å². The molecule has 0 aliphatic carbocycles. The van der Waals surface area contributed by atoms with Crippen LogP contribution in [0.3, 0.4) is 0 Å². The Morgan fingerprint density at radius 2 is 1.90 bits per heavy atom. The molecule has 0 fully saturated rings. The van der Waals surface area contributed by atoms with Gasteiger partial charge in [-0.1, -0.05) is 18.5 Å². The summed E-state index contributed by atoms with van der Waals surface area (Å²) in [6.07, 6.45) is 4.54. The lowest BCUT2D eigenvalue weighted by Gasteiger charge is -2.14. The first-order valence-electron chi connectivity index (χ1n) is 9.05. The van der Waals surface area contributed by atoms with E-state index in [0.29, 0.717) is 34.4 Å². The van der Waals surface area contributed by atoms with E-state index in [0.717, 1.165) is 16.9 Å². The summed E-state index contributed by atoms with van der Waals surface area (Å²) in [5, 5.41) is 4.64. The van der Waals surface area contributed by atoms with Crippen LogP contribution in [0.25, 0.3) is 0 Å². The summed E-state index contributed by atoms with van der Waals surface area (Å²) in [7, 11) is 3.12. The summed E-state index contributed by atoms with van der Waals surface area (Å²) in [4.78, 5) is 13.3. The van der Waals surface area contributed by atoms with E-state index in [1.54, 1.807) is 44.2 Å². The van der Waals surface area contributed by atoms with Gasteiger partial charge in [0, 0.05) is 15.5 Å². The number of halogens is 1. The Kier molecular flexibility index (Phi) is 9.15. The second kappa shape index (κ2) is 11.6. The maximum atomic E-state index is 12.3. The number of nitrogens with zero attached hydrogens (tertiary/aromatic N) is 1. The number of carbonyl (C=O) groups is 1. The number of hydrazone groups is 1. The number of hydrogen-bond acceptors (Lipinski definition) is 6. The number of hydrogen-bond donors (Lipinski definition) is 1. The van der Waals surface area contributed by atoms with Crippen LogP contribution in [0.15, 0.2) is 40.3 Å². The normalized spacial score (nSPS) is 10.8. The van der Waals surface area contributed by atoms with Gasteiger partial charge >= 0.3 is 0 Å². The molecule has 1 amide bonds. The molecule has 0 saturated carbocycles. The number of methoxy groups -OCH3 is 2. The van der Waals surface area contributed by atoms with Gasteiger partial charge in [0.2, 0.25) is 11.7 Å². The Hall–Kier alpha value is -2.38. The van der Waals surface area contributed by atoms with E-state index in [4.69, 9.17) is 25.8 Å². The molecule has 0 saturated heterocycles. The van der Waals surface area contributed by atoms with Crippen LogP contribution in [0, 0.1) is 0 Å². The smallest absolute Gasteiger partial charge is 0.244 e. The number of nitrogens with one attached hydrogen (secondary N) is 1. The highest BCUT2D eigenvalue weighted by Crippen LogP contribution is 2.38. The fraction of sp³-hybridized carbons (Fsp3) is 0.333. The van der Waals surface area contributed by atoms with Gasteiger partial charge in [-0.15, -0.1) is 11.8 Å². The van der Waals surface area contributed by atoms with Crippen molar-refractivity contribution in [2.45, 2.75) is 24.7 Å². The third kappa shape index (κ3) is 6.58. The van der Waals surface area contributed by atoms with Gasteiger partial charge in [0.1, 0.15) is 0 Å². The predicted molar refractivity (Wildman–Crippen MR) is 118 cm³/mol. The van der Waals surface area contributed by atoms with Crippen LogP contribution in [0.2, 0.25) is 5.02 Å². The van der Waals surface area contributed by atoms with Crippen LogP contribution < -0.4 is 19.6 Å². The topological polar surface area (TPSA) is 69.2 Å². The molecule has 29 heavy (non-hydrogen) atoms. The van der Waals surface area contributed by atoms with E-state index in [-0.39, 0.29) is 12.3 Å². The molecule has 1 N–H and O–H groups in total. The van der Waals surface area contributed by atoms with Crippen molar-refractivity contribution >= 4 is 35.5 Å². The maximum Gasteiger partial charge on any atom is 0.244 e. The number of ether oxygens (including phenoxy) is 3. The van der Waals surface area contributed by atoms with Gasteiger partial charge in [-0.05, 0) is 48.6 Å². The average Bonchev–Trinajstić information content (AvgIpc) is 2.72. The van der Waals surface area contributed by atoms with Crippen LogP contribution in [0.4, 0.5) is 0 Å². The molecule has 0 spiro atoms. The standard InChI is InChI=1S/C21H25ClN2O4S/c1-5-8-28-21-17(26-2)9-14(10-18(21)27-3)13-23-24-20(25)12-15-11-16(22)6-7-19(15)29-4/h6-7,9-11,13H,5,8,12H2,1-4H3,(H,24,25)/b23-13-. The van der Waals surface area contributed by atoms with Gasteiger partial charge in [0.05, 0.1) is 33.5 Å². The molecule has 156 valence electrons. The third-order valence-electron chi connectivity index (χ3n) is 3.93. The predicted octanol–water partition coefficient (Wildman–Crippen LogP) is 4.56. The van der Waals surface area contributed by atoms with Gasteiger partial charge in [0.15, 0.2) is 11.5 Å². The highest BCUT2D eigenvalue weighted by atomic mass is 35.5. The maximum absolute atomic E-state index is 12.3. The van der Waals surface area contributed by atoms with Crippen LogP contribution in [-0.2, 0) is 11.2 Å². The van der Waals surface area contributed by atoms with E-state index in [2.05, 4.69) is 10.5 Å². The molecule has 0 atom stereocenters. The zero-order chi connectivity index (χ0) is 21.2. The van der Waals surface area contributed by atoms with Crippen molar-refractivity contribution in [1.82, 2.24) is 5.43 Å². The molecule has 2 aromatic carbocycles. The first-order chi connectivity index (χ1) is 14.0. The molecule has 0 unspecified atom stereocenters. The van der Waals surface area contributed by atoms with Crippen molar-refractivity contribution < 1.29 is 19.0 Å². The Bertz CT molecular complexity index is 849. The van der Waals surface area contributed by atoms with Gasteiger partial charge < -0.3 is 14.2 Å². The van der Waals surface area contributed by atoms with E-state index in [9.17, 15) is 4.79 Å². The molecule has 0 aromatic heterocycles. The van der Waals surface area contributed by atoms with Crippen LogP contribution in [0.1, 0.15) is 24.5 Å². The minimum absolute atomic E-state index is 0.185. The van der Waals surface area contributed by atoms with Crippen molar-refractivity contribution in [3.8, 4) is 17.2 Å². The largest absolute Gasteiger partial charge is 0.493 e. The lowest BCUT2D eigenvalue weighted by atomic mass is 10.1. The minimum Gasteiger partial charge on any atom is -0.493 e. The summed E-state index contributed by atoms with van der Waals surface area (Å²) in [6, 6.07) is 9.04. The number of thioether (sulfide) groups is 1. The summed E-state index contributed by atoms with van der Waals surface area (Å²) in [5.74, 6) is 1.38. The molecule has 2 aromatic rings. The highest BCUT2D eigenvalue weighted by molar-refractivity contribution is 7.98. The second-order valence-electron chi connectivity index (χ2n) is 6.03. The Morgan fingerprint density at radius 1 is 1.21 bits per heavy atom. The molecule has 0 radical (unpaired) electrons. The first-order valence-corrected chi connectivity index (χ1v) is 10.7. The zero-order valence-electron chi connectivity index (χ0n) is 17.0. The SMILES string of the molecule is CCCOc1c(OC)cc(/C=N\NC(=O)Cc2cc(Cl)ccc2SC)cc1OC. The number of amides is 1. The number of carbonyl (C=O) groups excluding carboxylic acids is 1.